The van der Waals surface area contributed by atoms with Crippen molar-refractivity contribution in [3.63, 3.8) is 0 Å². The van der Waals surface area contributed by atoms with Gasteiger partial charge in [0.05, 0.1) is 12.8 Å². The minimum atomic E-state index is -0.845. The molecule has 1 heterocycles. The first-order chi connectivity index (χ1) is 15.2. The van der Waals surface area contributed by atoms with Crippen molar-refractivity contribution in [1.29, 1.82) is 0 Å². The molecular weight excluding hydrogens is 389 g/mol. The molecule has 1 aliphatic heterocycles. The molecule has 6 heteroatoms. The molecule has 3 aromatic rings. The molecule has 0 unspecified atom stereocenters. The Morgan fingerprint density at radius 3 is 2.32 bits per heavy atom. The summed E-state index contributed by atoms with van der Waals surface area (Å²) in [5.41, 5.74) is 4.01. The number of para-hydroxylation sites is 1. The van der Waals surface area contributed by atoms with Gasteiger partial charge in [-0.1, -0.05) is 85.8 Å². The van der Waals surface area contributed by atoms with Crippen LogP contribution in [0.5, 0.6) is 0 Å². The van der Waals surface area contributed by atoms with Crippen LogP contribution in [0.4, 0.5) is 5.69 Å². The van der Waals surface area contributed by atoms with Crippen molar-refractivity contribution in [2.24, 2.45) is 4.99 Å². The molecule has 0 aliphatic carbocycles. The first-order valence-corrected chi connectivity index (χ1v) is 10.3. The first kappa shape index (κ1) is 21.0. The van der Waals surface area contributed by atoms with E-state index in [1.807, 2.05) is 66.7 Å². The van der Waals surface area contributed by atoms with E-state index in [1.165, 1.54) is 12.7 Å². The highest BCUT2D eigenvalue weighted by atomic mass is 16.7. The van der Waals surface area contributed by atoms with Crippen LogP contribution in [0, 0.1) is 0 Å². The van der Waals surface area contributed by atoms with E-state index in [-0.39, 0.29) is 5.92 Å². The third-order valence-electron chi connectivity index (χ3n) is 5.44. The van der Waals surface area contributed by atoms with Gasteiger partial charge in [0.2, 0.25) is 0 Å². The summed E-state index contributed by atoms with van der Waals surface area (Å²) in [4.78, 5) is 16.9. The van der Waals surface area contributed by atoms with Gasteiger partial charge >= 0.3 is 13.1 Å². The number of carbonyl (C=O) groups excluding carboxylic acids is 1. The predicted molar refractivity (Wildman–Crippen MR) is 121 cm³/mol. The molecule has 3 aromatic carbocycles. The number of hydrogen-bond donors (Lipinski definition) is 0. The van der Waals surface area contributed by atoms with Gasteiger partial charge in [0, 0.05) is 12.0 Å². The highest BCUT2D eigenvalue weighted by Gasteiger charge is 2.44. The smallest absolute Gasteiger partial charge is 0.467 e. The minimum Gasteiger partial charge on any atom is -0.467 e. The fourth-order valence-corrected chi connectivity index (χ4v) is 3.76. The highest BCUT2D eigenvalue weighted by Crippen LogP contribution is 2.33. The molecule has 0 bridgehead atoms. The molecule has 0 N–H and O–H groups in total. The van der Waals surface area contributed by atoms with Crippen LogP contribution >= 0.6 is 0 Å². The van der Waals surface area contributed by atoms with E-state index in [0.717, 1.165) is 16.8 Å². The van der Waals surface area contributed by atoms with Crippen LogP contribution in [-0.2, 0) is 18.8 Å². The maximum Gasteiger partial charge on any atom is 0.506 e. The predicted octanol–water partition coefficient (Wildman–Crippen LogP) is 4.90. The number of esters is 1. The van der Waals surface area contributed by atoms with Crippen molar-refractivity contribution >= 4 is 24.9 Å². The van der Waals surface area contributed by atoms with Crippen LogP contribution in [0.2, 0.25) is 0 Å². The maximum atomic E-state index is 12.2. The van der Waals surface area contributed by atoms with E-state index in [9.17, 15) is 4.79 Å². The average Bonchev–Trinajstić information content (AvgIpc) is 3.27. The third kappa shape index (κ3) is 4.76. The van der Waals surface area contributed by atoms with Gasteiger partial charge in [-0.3, -0.25) is 4.99 Å². The lowest BCUT2D eigenvalue weighted by molar-refractivity contribution is -0.150. The Balaban J connectivity index is 1.56. The van der Waals surface area contributed by atoms with Crippen LogP contribution in [-0.4, -0.2) is 32.4 Å². The molecule has 0 saturated carbocycles. The second kappa shape index (κ2) is 9.73. The summed E-state index contributed by atoms with van der Waals surface area (Å²) in [5, 5.41) is 0. The first-order valence-electron chi connectivity index (χ1n) is 10.3. The van der Waals surface area contributed by atoms with Crippen molar-refractivity contribution in [3.05, 3.63) is 102 Å². The van der Waals surface area contributed by atoms with Gasteiger partial charge in [-0.15, -0.1) is 0 Å². The summed E-state index contributed by atoms with van der Waals surface area (Å²) < 4.78 is 16.8. The summed E-state index contributed by atoms with van der Waals surface area (Å²) in [6.45, 7) is 2.16. The van der Waals surface area contributed by atoms with Crippen LogP contribution < -0.4 is 0 Å². The molecule has 31 heavy (non-hydrogen) atoms. The Morgan fingerprint density at radius 1 is 0.968 bits per heavy atom. The van der Waals surface area contributed by atoms with Gasteiger partial charge in [-0.05, 0) is 22.8 Å². The fraction of sp³-hybridized carbons (Fsp3) is 0.200. The van der Waals surface area contributed by atoms with Gasteiger partial charge in [-0.2, -0.15) is 0 Å². The Kier molecular flexibility index (Phi) is 6.60. The van der Waals surface area contributed by atoms with Gasteiger partial charge in [0.25, 0.3) is 0 Å². The van der Waals surface area contributed by atoms with Crippen molar-refractivity contribution in [1.82, 2.24) is 0 Å². The van der Waals surface area contributed by atoms with Gasteiger partial charge in [-0.25, -0.2) is 4.79 Å². The van der Waals surface area contributed by atoms with Crippen molar-refractivity contribution < 1.29 is 18.8 Å². The lowest BCUT2D eigenvalue weighted by Crippen LogP contribution is -2.28. The normalized spacial score (nSPS) is 19.5. The molecule has 1 aliphatic rings. The molecule has 0 radical (unpaired) electrons. The molecule has 4 rings (SSSR count). The number of nitrogens with zero attached hydrogens (tertiary/aromatic N) is 1. The second-order valence-corrected chi connectivity index (χ2v) is 7.38. The maximum absolute atomic E-state index is 12.2. The van der Waals surface area contributed by atoms with Gasteiger partial charge in [0.1, 0.15) is 6.10 Å². The van der Waals surface area contributed by atoms with E-state index in [0.29, 0.717) is 0 Å². The largest absolute Gasteiger partial charge is 0.506 e. The summed E-state index contributed by atoms with van der Waals surface area (Å²) in [7, 11) is 0.588. The summed E-state index contributed by atoms with van der Waals surface area (Å²) in [5.74, 6) is -0.289. The molecule has 0 aromatic heterocycles. The molecule has 3 atom stereocenters. The van der Waals surface area contributed by atoms with Crippen molar-refractivity contribution in [3.8, 4) is 0 Å². The molecule has 1 fully saturated rings. The Bertz CT molecular complexity index is 1040. The van der Waals surface area contributed by atoms with E-state index in [2.05, 4.69) is 30.1 Å². The van der Waals surface area contributed by atoms with Crippen LogP contribution in [0.3, 0.4) is 0 Å². The molecular formula is C25H24BNO4. The number of aliphatic imine (C=N–C) groups is 1. The van der Waals surface area contributed by atoms with Crippen LogP contribution in [0.1, 0.15) is 35.6 Å². The Labute approximate surface area is 182 Å². The molecule has 1 saturated heterocycles. The molecule has 156 valence electrons. The number of ether oxygens (including phenoxy) is 1. The Morgan fingerprint density at radius 2 is 1.61 bits per heavy atom. The summed E-state index contributed by atoms with van der Waals surface area (Å²) in [6, 6.07) is 27.8. The number of rotatable bonds is 6. The number of carbonyl (C=O) groups is 1. The average molecular weight is 413 g/mol. The van der Waals surface area contributed by atoms with Crippen molar-refractivity contribution in [2.75, 3.05) is 7.11 Å². The van der Waals surface area contributed by atoms with Crippen LogP contribution in [0.25, 0.3) is 0 Å². The highest BCUT2D eigenvalue weighted by molar-refractivity contribution is 6.75. The molecule has 0 spiro atoms. The quantitative estimate of drug-likeness (QED) is 0.328. The van der Waals surface area contributed by atoms with E-state index < -0.39 is 25.3 Å². The number of methoxy groups -OCH3 is 1. The van der Waals surface area contributed by atoms with E-state index in [4.69, 9.17) is 14.0 Å². The minimum absolute atomic E-state index is 0.180. The fourth-order valence-electron chi connectivity index (χ4n) is 3.76. The summed E-state index contributed by atoms with van der Waals surface area (Å²) >= 11 is 0. The zero-order valence-corrected chi connectivity index (χ0v) is 17.5. The second-order valence-electron chi connectivity index (χ2n) is 7.38. The standard InChI is InChI=1S/C25H24BNO4/c1-18(19-11-5-3-6-12-19)21-15-9-10-16-22(21)27-17-26-30-23(20-13-7-4-8-14-20)24(31-26)25(28)29-2/h3-18,23-24H,1-2H3/t18-,23-,24+/m0/s1. The lowest BCUT2D eigenvalue weighted by Gasteiger charge is -2.16. The zero-order chi connectivity index (χ0) is 21.6. The van der Waals surface area contributed by atoms with Gasteiger partial charge in [0.15, 0.2) is 6.10 Å². The molecule has 0 amide bonds. The monoisotopic (exact) mass is 413 g/mol. The zero-order valence-electron chi connectivity index (χ0n) is 17.5. The number of benzene rings is 3. The van der Waals surface area contributed by atoms with E-state index >= 15 is 0 Å². The topological polar surface area (TPSA) is 57.1 Å². The SMILES string of the molecule is COC(=O)[C@@H]1OB(C=Nc2ccccc2[C@@H](C)c2ccccc2)O[C@H]1c1ccccc1. The third-order valence-corrected chi connectivity index (χ3v) is 5.44. The summed E-state index contributed by atoms with van der Waals surface area (Å²) in [6.07, 6.45) is 0.209. The van der Waals surface area contributed by atoms with E-state index in [1.54, 1.807) is 6.11 Å². The van der Waals surface area contributed by atoms with Crippen LogP contribution in [0.15, 0.2) is 89.9 Å². The lowest BCUT2D eigenvalue weighted by atomic mass is 9.91. The van der Waals surface area contributed by atoms with Crippen molar-refractivity contribution in [2.45, 2.75) is 25.0 Å². The molecule has 5 nitrogen and oxygen atoms in total. The van der Waals surface area contributed by atoms with Gasteiger partial charge < -0.3 is 14.0 Å². The Hall–Kier alpha value is -3.22. The number of hydrogen-bond acceptors (Lipinski definition) is 5.